The number of carbonyl (C=O) groups is 2. The van der Waals surface area contributed by atoms with E-state index < -0.39 is 15.8 Å². The molecule has 31 heavy (non-hydrogen) atoms. The van der Waals surface area contributed by atoms with Gasteiger partial charge in [-0.3, -0.25) is 14.3 Å². The fourth-order valence-electron chi connectivity index (χ4n) is 2.60. The van der Waals surface area contributed by atoms with Crippen LogP contribution in [0.1, 0.15) is 19.0 Å². The van der Waals surface area contributed by atoms with Gasteiger partial charge in [0.15, 0.2) is 5.13 Å². The van der Waals surface area contributed by atoms with Crippen LogP contribution in [0.2, 0.25) is 0 Å². The monoisotopic (exact) mass is 462 g/mol. The fourth-order valence-corrected chi connectivity index (χ4v) is 4.60. The molecular weight excluding hydrogens is 443 g/mol. The van der Waals surface area contributed by atoms with Gasteiger partial charge in [0.2, 0.25) is 11.8 Å². The van der Waals surface area contributed by atoms with Crippen molar-refractivity contribution in [3.05, 3.63) is 65.4 Å². The molecule has 1 heterocycles. The number of hydrogen-bond donors (Lipinski definition) is 3. The van der Waals surface area contributed by atoms with Gasteiger partial charge in [-0.2, -0.15) is 0 Å². The van der Waals surface area contributed by atoms with Gasteiger partial charge in [-0.15, -0.1) is 11.3 Å². The van der Waals surface area contributed by atoms with Crippen LogP contribution in [0.25, 0.3) is 0 Å². The van der Waals surface area contributed by atoms with E-state index in [1.807, 2.05) is 0 Å². The SMILES string of the molecule is CC(=O)Nc1cccc(NC(=O)CCc2csc(NS(=O)(=O)c3ccc(F)cc3)n2)c1. The number of halogens is 1. The van der Waals surface area contributed by atoms with Crippen LogP contribution in [0.4, 0.5) is 20.9 Å². The smallest absolute Gasteiger partial charge is 0.263 e. The van der Waals surface area contributed by atoms with Gasteiger partial charge in [0.05, 0.1) is 10.6 Å². The van der Waals surface area contributed by atoms with Crippen LogP contribution in [0.3, 0.4) is 0 Å². The second kappa shape index (κ2) is 9.67. The molecule has 0 fully saturated rings. The quantitative estimate of drug-likeness (QED) is 0.473. The fraction of sp³-hybridized carbons (Fsp3) is 0.150. The molecule has 11 heteroatoms. The predicted octanol–water partition coefficient (Wildman–Crippen LogP) is 3.61. The van der Waals surface area contributed by atoms with E-state index >= 15 is 0 Å². The number of anilines is 3. The Kier molecular flexibility index (Phi) is 6.98. The van der Waals surface area contributed by atoms with Crippen LogP contribution in [-0.2, 0) is 26.0 Å². The van der Waals surface area contributed by atoms with Crippen LogP contribution in [0.5, 0.6) is 0 Å². The topological polar surface area (TPSA) is 117 Å². The lowest BCUT2D eigenvalue weighted by atomic mass is 10.2. The minimum atomic E-state index is -3.88. The number of benzene rings is 2. The molecule has 8 nitrogen and oxygen atoms in total. The third-order valence-electron chi connectivity index (χ3n) is 3.97. The summed E-state index contributed by atoms with van der Waals surface area (Å²) in [5.41, 5.74) is 1.68. The van der Waals surface area contributed by atoms with E-state index in [4.69, 9.17) is 0 Å². The Morgan fingerprint density at radius 3 is 2.42 bits per heavy atom. The van der Waals surface area contributed by atoms with E-state index in [2.05, 4.69) is 20.3 Å². The number of aryl methyl sites for hydroxylation is 1. The molecule has 0 saturated heterocycles. The Balaban J connectivity index is 1.55. The molecule has 0 aliphatic carbocycles. The molecule has 0 saturated carbocycles. The minimum absolute atomic E-state index is 0.0773. The maximum Gasteiger partial charge on any atom is 0.263 e. The molecule has 2 aromatic carbocycles. The van der Waals surface area contributed by atoms with Gasteiger partial charge in [-0.25, -0.2) is 17.8 Å². The number of sulfonamides is 1. The highest BCUT2D eigenvalue weighted by Gasteiger charge is 2.16. The first-order valence-corrected chi connectivity index (χ1v) is 11.5. The average molecular weight is 463 g/mol. The molecule has 0 radical (unpaired) electrons. The molecular formula is C20H19FN4O4S2. The first-order chi connectivity index (χ1) is 14.7. The molecule has 162 valence electrons. The summed E-state index contributed by atoms with van der Waals surface area (Å²) in [5, 5.41) is 7.19. The van der Waals surface area contributed by atoms with E-state index in [1.165, 1.54) is 6.92 Å². The number of hydrogen-bond acceptors (Lipinski definition) is 6. The van der Waals surface area contributed by atoms with Gasteiger partial charge >= 0.3 is 0 Å². The summed E-state index contributed by atoms with van der Waals surface area (Å²) in [6.07, 6.45) is 0.449. The van der Waals surface area contributed by atoms with E-state index in [0.29, 0.717) is 23.5 Å². The maximum atomic E-state index is 13.0. The summed E-state index contributed by atoms with van der Waals surface area (Å²) in [5.74, 6) is -0.991. The van der Waals surface area contributed by atoms with Crippen molar-refractivity contribution < 1.29 is 22.4 Å². The number of nitrogens with zero attached hydrogens (tertiary/aromatic N) is 1. The Morgan fingerprint density at radius 2 is 1.74 bits per heavy atom. The standard InChI is InChI=1S/C20H19FN4O4S2/c1-13(26)22-15-3-2-4-16(11-15)23-19(27)10-7-17-12-30-20(24-17)25-31(28,29)18-8-5-14(21)6-9-18/h2-6,8-9,11-12H,7,10H2,1H3,(H,22,26)(H,23,27)(H,24,25). The van der Waals surface area contributed by atoms with Crippen molar-refractivity contribution in [2.75, 3.05) is 15.4 Å². The molecule has 0 spiro atoms. The van der Waals surface area contributed by atoms with Crippen molar-refractivity contribution in [1.29, 1.82) is 0 Å². The highest BCUT2D eigenvalue weighted by atomic mass is 32.2. The van der Waals surface area contributed by atoms with Crippen LogP contribution >= 0.6 is 11.3 Å². The summed E-state index contributed by atoms with van der Waals surface area (Å²) in [6.45, 7) is 1.40. The normalized spacial score (nSPS) is 11.0. The summed E-state index contributed by atoms with van der Waals surface area (Å²) in [6, 6.07) is 11.2. The summed E-state index contributed by atoms with van der Waals surface area (Å²) in [4.78, 5) is 27.4. The molecule has 1 aromatic heterocycles. The third kappa shape index (κ3) is 6.59. The van der Waals surface area contributed by atoms with Crippen molar-refractivity contribution in [3.63, 3.8) is 0 Å². The lowest BCUT2D eigenvalue weighted by Crippen LogP contribution is -2.14. The third-order valence-corrected chi connectivity index (χ3v) is 6.26. The first kappa shape index (κ1) is 22.4. The van der Waals surface area contributed by atoms with Gasteiger partial charge in [-0.05, 0) is 48.9 Å². The lowest BCUT2D eigenvalue weighted by molar-refractivity contribution is -0.116. The number of thiazole rings is 1. The minimum Gasteiger partial charge on any atom is -0.326 e. The maximum absolute atomic E-state index is 13.0. The van der Waals surface area contributed by atoms with E-state index in [1.54, 1.807) is 29.6 Å². The zero-order valence-corrected chi connectivity index (χ0v) is 18.0. The zero-order valence-electron chi connectivity index (χ0n) is 16.4. The van der Waals surface area contributed by atoms with Crippen molar-refractivity contribution in [3.8, 4) is 0 Å². The average Bonchev–Trinajstić information content (AvgIpc) is 3.13. The van der Waals surface area contributed by atoms with Gasteiger partial charge in [0.1, 0.15) is 5.82 Å². The van der Waals surface area contributed by atoms with Crippen LogP contribution in [-0.4, -0.2) is 25.2 Å². The Hall–Kier alpha value is -3.31. The lowest BCUT2D eigenvalue weighted by Gasteiger charge is -2.07. The molecule has 3 rings (SSSR count). The molecule has 3 N–H and O–H groups in total. The van der Waals surface area contributed by atoms with Gasteiger partial charge in [0.25, 0.3) is 10.0 Å². The Bertz CT molecular complexity index is 1190. The van der Waals surface area contributed by atoms with Gasteiger partial charge < -0.3 is 10.6 Å². The molecule has 2 amide bonds. The van der Waals surface area contributed by atoms with Crippen molar-refractivity contribution >= 4 is 49.7 Å². The highest BCUT2D eigenvalue weighted by Crippen LogP contribution is 2.21. The Morgan fingerprint density at radius 1 is 1.06 bits per heavy atom. The largest absolute Gasteiger partial charge is 0.326 e. The molecule has 0 atom stereocenters. The molecule has 3 aromatic rings. The Labute approximate surface area is 182 Å². The summed E-state index contributed by atoms with van der Waals surface area (Å²) in [7, 11) is -3.88. The highest BCUT2D eigenvalue weighted by molar-refractivity contribution is 7.93. The number of aromatic nitrogens is 1. The van der Waals surface area contributed by atoms with Gasteiger partial charge in [-0.1, -0.05) is 6.07 Å². The van der Waals surface area contributed by atoms with Crippen molar-refractivity contribution in [2.45, 2.75) is 24.7 Å². The van der Waals surface area contributed by atoms with E-state index in [0.717, 1.165) is 35.6 Å². The number of amides is 2. The molecule has 0 aliphatic rings. The van der Waals surface area contributed by atoms with Gasteiger partial charge in [0, 0.05) is 30.1 Å². The van der Waals surface area contributed by atoms with Crippen molar-refractivity contribution in [1.82, 2.24) is 4.98 Å². The second-order valence-corrected chi connectivity index (χ2v) is 9.05. The van der Waals surface area contributed by atoms with Crippen molar-refractivity contribution in [2.24, 2.45) is 0 Å². The molecule has 0 bridgehead atoms. The van der Waals surface area contributed by atoms with Crippen LogP contribution < -0.4 is 15.4 Å². The number of carbonyl (C=O) groups excluding carboxylic acids is 2. The first-order valence-electron chi connectivity index (χ1n) is 9.11. The molecule has 0 unspecified atom stereocenters. The van der Waals surface area contributed by atoms with E-state index in [9.17, 15) is 22.4 Å². The number of nitrogens with one attached hydrogen (secondary N) is 3. The van der Waals surface area contributed by atoms with Crippen LogP contribution in [0, 0.1) is 5.82 Å². The molecule has 0 aliphatic heterocycles. The predicted molar refractivity (Wildman–Crippen MR) is 117 cm³/mol. The van der Waals surface area contributed by atoms with E-state index in [-0.39, 0.29) is 28.3 Å². The zero-order chi connectivity index (χ0) is 22.4. The summed E-state index contributed by atoms with van der Waals surface area (Å²) >= 11 is 1.09. The number of rotatable bonds is 8. The van der Waals surface area contributed by atoms with Crippen LogP contribution in [0.15, 0.2) is 58.8 Å². The second-order valence-electron chi connectivity index (χ2n) is 6.51. The summed E-state index contributed by atoms with van der Waals surface area (Å²) < 4.78 is 40.0.